The van der Waals surface area contributed by atoms with Gasteiger partial charge in [-0.2, -0.15) is 0 Å². The van der Waals surface area contributed by atoms with Gasteiger partial charge in [-0.25, -0.2) is 0 Å². The van der Waals surface area contributed by atoms with E-state index in [-0.39, 0.29) is 18.6 Å². The van der Waals surface area contributed by atoms with E-state index < -0.39 is 0 Å². The van der Waals surface area contributed by atoms with E-state index in [4.69, 9.17) is 5.11 Å². The Bertz CT molecular complexity index is 1010. The lowest BCUT2D eigenvalue weighted by Crippen LogP contribution is -2.47. The summed E-state index contributed by atoms with van der Waals surface area (Å²) in [5.41, 5.74) is 4.12. The summed E-state index contributed by atoms with van der Waals surface area (Å²) < 4.78 is 0. The highest BCUT2D eigenvalue weighted by Crippen LogP contribution is 2.23. The lowest BCUT2D eigenvalue weighted by atomic mass is 9.99. The molecule has 4 heteroatoms. The maximum Gasteiger partial charge on any atom is 0.254 e. The number of piperidine rings is 1. The van der Waals surface area contributed by atoms with Crippen LogP contribution in [0.2, 0.25) is 0 Å². The fourth-order valence-corrected chi connectivity index (χ4v) is 4.99. The molecular weight excluding hydrogens is 456 g/mol. The zero-order valence-corrected chi connectivity index (χ0v) is 23.2. The average Bonchev–Trinajstić information content (AvgIpc) is 2.91. The fourth-order valence-electron chi connectivity index (χ4n) is 4.99. The Morgan fingerprint density at radius 1 is 1.08 bits per heavy atom. The maximum atomic E-state index is 13.9. The monoisotopic (exact) mass is 502 g/mol. The molecule has 0 saturated carbocycles. The summed E-state index contributed by atoms with van der Waals surface area (Å²) in [5, 5.41) is 9.03. The molecule has 1 N–H and O–H groups in total. The van der Waals surface area contributed by atoms with Gasteiger partial charge in [-0.3, -0.25) is 4.79 Å². The Kier molecular flexibility index (Phi) is 12.2. The van der Waals surface area contributed by atoms with Crippen molar-refractivity contribution in [2.75, 3.05) is 26.2 Å². The highest BCUT2D eigenvalue weighted by Gasteiger charge is 2.29. The van der Waals surface area contributed by atoms with Crippen molar-refractivity contribution in [2.45, 2.75) is 84.7 Å². The van der Waals surface area contributed by atoms with Gasteiger partial charge in [-0.05, 0) is 80.0 Å². The van der Waals surface area contributed by atoms with Gasteiger partial charge in [0, 0.05) is 43.2 Å². The topological polar surface area (TPSA) is 43.8 Å². The number of hydrogen-bond acceptors (Lipinski definition) is 3. The summed E-state index contributed by atoms with van der Waals surface area (Å²) in [6.45, 7) is 10.7. The maximum absolute atomic E-state index is 13.9. The molecule has 1 fully saturated rings. The van der Waals surface area contributed by atoms with Crippen molar-refractivity contribution >= 4 is 5.91 Å². The van der Waals surface area contributed by atoms with Gasteiger partial charge in [0.05, 0.1) is 6.61 Å². The normalized spacial score (nSPS) is 14.4. The van der Waals surface area contributed by atoms with Crippen molar-refractivity contribution in [1.82, 2.24) is 9.80 Å². The van der Waals surface area contributed by atoms with Gasteiger partial charge in [0.2, 0.25) is 0 Å². The lowest BCUT2D eigenvalue weighted by Gasteiger charge is -2.39. The minimum Gasteiger partial charge on any atom is -0.395 e. The number of rotatable bonds is 12. The summed E-state index contributed by atoms with van der Waals surface area (Å²) in [4.78, 5) is 18.5. The zero-order valence-electron chi connectivity index (χ0n) is 23.2. The van der Waals surface area contributed by atoms with Crippen molar-refractivity contribution in [2.24, 2.45) is 5.92 Å². The Morgan fingerprint density at radius 3 is 2.51 bits per heavy atom. The van der Waals surface area contributed by atoms with Crippen LogP contribution < -0.4 is 0 Å². The molecule has 0 unspecified atom stereocenters. The second-order valence-electron chi connectivity index (χ2n) is 10.8. The van der Waals surface area contributed by atoms with Crippen LogP contribution in [-0.4, -0.2) is 53.1 Å². The van der Waals surface area contributed by atoms with E-state index in [1.807, 2.05) is 24.3 Å². The van der Waals surface area contributed by atoms with E-state index in [2.05, 4.69) is 66.7 Å². The summed E-state index contributed by atoms with van der Waals surface area (Å²) in [6.07, 6.45) is 8.45. The smallest absolute Gasteiger partial charge is 0.254 e. The minimum absolute atomic E-state index is 0.0717. The average molecular weight is 503 g/mol. The van der Waals surface area contributed by atoms with E-state index in [9.17, 15) is 4.79 Å². The SMILES string of the molecule is CCCCCc1ccc(C(=O)N(Cc2cccc(C#CCCO)c2)C2CCN(CCC(C)C)CC2)cc1. The van der Waals surface area contributed by atoms with Gasteiger partial charge in [-0.15, -0.1) is 0 Å². The van der Waals surface area contributed by atoms with Crippen molar-refractivity contribution in [3.8, 4) is 11.8 Å². The number of aliphatic hydroxyl groups is 1. The highest BCUT2D eigenvalue weighted by atomic mass is 16.2. The Hall–Kier alpha value is -2.61. The number of carbonyl (C=O) groups excluding carboxylic acids is 1. The molecule has 0 aliphatic carbocycles. The standard InChI is InChI=1S/C33H46N2O2/c1-4-5-6-10-28-14-16-31(17-15-28)33(37)35(32-19-22-34(23-20-32)21-18-27(2)3)26-30-13-9-12-29(25-30)11-7-8-24-36/h9,12-17,25,27,32,36H,4-6,8,10,18-24,26H2,1-3H3. The third kappa shape index (κ3) is 9.65. The van der Waals surface area contributed by atoms with Gasteiger partial charge < -0.3 is 14.9 Å². The number of benzene rings is 2. The van der Waals surface area contributed by atoms with Crippen molar-refractivity contribution in [3.63, 3.8) is 0 Å². The largest absolute Gasteiger partial charge is 0.395 e. The Labute approximate surface area is 225 Å². The first-order chi connectivity index (χ1) is 18.0. The molecule has 2 aromatic rings. The van der Waals surface area contributed by atoms with Crippen LogP contribution >= 0.6 is 0 Å². The van der Waals surface area contributed by atoms with Gasteiger partial charge >= 0.3 is 0 Å². The molecule has 0 radical (unpaired) electrons. The first-order valence-corrected chi connectivity index (χ1v) is 14.3. The molecule has 1 amide bonds. The number of aliphatic hydroxyl groups excluding tert-OH is 1. The van der Waals surface area contributed by atoms with Crippen molar-refractivity contribution in [3.05, 3.63) is 70.8 Å². The number of unbranched alkanes of at least 4 members (excludes halogenated alkanes) is 2. The number of carbonyl (C=O) groups is 1. The molecule has 1 saturated heterocycles. The molecule has 1 aliphatic rings. The molecule has 2 aromatic carbocycles. The molecule has 0 spiro atoms. The molecule has 1 heterocycles. The number of likely N-dealkylation sites (tertiary alicyclic amines) is 1. The predicted octanol–water partition coefficient (Wildman–Crippen LogP) is 6.31. The molecule has 1 aliphatic heterocycles. The summed E-state index contributed by atoms with van der Waals surface area (Å²) in [5.74, 6) is 6.98. The highest BCUT2D eigenvalue weighted by molar-refractivity contribution is 5.94. The molecule has 37 heavy (non-hydrogen) atoms. The van der Waals surface area contributed by atoms with Crippen LogP contribution in [0, 0.1) is 17.8 Å². The van der Waals surface area contributed by atoms with Gasteiger partial charge in [-0.1, -0.05) is 69.7 Å². The second kappa shape index (κ2) is 15.6. The first kappa shape index (κ1) is 29.0. The number of amides is 1. The lowest BCUT2D eigenvalue weighted by molar-refractivity contribution is 0.0546. The number of aryl methyl sites for hydroxylation is 1. The Morgan fingerprint density at radius 2 is 1.84 bits per heavy atom. The number of nitrogens with zero attached hydrogens (tertiary/aromatic N) is 2. The van der Waals surface area contributed by atoms with Crippen LogP contribution in [0.25, 0.3) is 0 Å². The summed E-state index contributed by atoms with van der Waals surface area (Å²) in [7, 11) is 0. The van der Waals surface area contributed by atoms with Crippen LogP contribution in [0.15, 0.2) is 48.5 Å². The van der Waals surface area contributed by atoms with Gasteiger partial charge in [0.25, 0.3) is 5.91 Å². The molecule has 4 nitrogen and oxygen atoms in total. The Balaban J connectivity index is 1.75. The second-order valence-corrected chi connectivity index (χ2v) is 10.8. The number of hydrogen-bond donors (Lipinski definition) is 1. The van der Waals surface area contributed by atoms with Gasteiger partial charge in [0.1, 0.15) is 0 Å². The molecule has 200 valence electrons. The molecule has 0 atom stereocenters. The summed E-state index contributed by atoms with van der Waals surface area (Å²) in [6, 6.07) is 16.7. The van der Waals surface area contributed by atoms with Crippen LogP contribution in [-0.2, 0) is 13.0 Å². The van der Waals surface area contributed by atoms with Crippen LogP contribution in [0.4, 0.5) is 0 Å². The molecule has 0 bridgehead atoms. The zero-order chi connectivity index (χ0) is 26.5. The van der Waals surface area contributed by atoms with E-state index in [0.29, 0.717) is 18.9 Å². The van der Waals surface area contributed by atoms with Crippen molar-refractivity contribution < 1.29 is 9.90 Å². The molecular formula is C33H46N2O2. The van der Waals surface area contributed by atoms with E-state index in [1.54, 1.807) is 0 Å². The predicted molar refractivity (Wildman–Crippen MR) is 153 cm³/mol. The minimum atomic E-state index is 0.0717. The third-order valence-corrected chi connectivity index (χ3v) is 7.30. The van der Waals surface area contributed by atoms with E-state index >= 15 is 0 Å². The molecule has 0 aromatic heterocycles. The quantitative estimate of drug-likeness (QED) is 0.273. The fraction of sp³-hybridized carbons (Fsp3) is 0.545. The van der Waals surface area contributed by atoms with E-state index in [0.717, 1.165) is 55.6 Å². The third-order valence-electron chi connectivity index (χ3n) is 7.30. The van der Waals surface area contributed by atoms with Crippen LogP contribution in [0.3, 0.4) is 0 Å². The van der Waals surface area contributed by atoms with E-state index in [1.165, 1.54) is 31.2 Å². The van der Waals surface area contributed by atoms with Gasteiger partial charge in [0.15, 0.2) is 0 Å². The molecule has 3 rings (SSSR count). The first-order valence-electron chi connectivity index (χ1n) is 14.3. The van der Waals surface area contributed by atoms with Crippen molar-refractivity contribution in [1.29, 1.82) is 0 Å². The summed E-state index contributed by atoms with van der Waals surface area (Å²) >= 11 is 0. The van der Waals surface area contributed by atoms with Crippen LogP contribution in [0.5, 0.6) is 0 Å². The van der Waals surface area contributed by atoms with Crippen LogP contribution in [0.1, 0.15) is 92.8 Å².